The van der Waals surface area contributed by atoms with E-state index in [0.717, 1.165) is 6.42 Å². The molecule has 0 saturated carbocycles. The molecule has 0 spiro atoms. The molecular formula is C24H30F3N5O4. The minimum Gasteiger partial charge on any atom is -0.444 e. The summed E-state index contributed by atoms with van der Waals surface area (Å²) in [6, 6.07) is 5.76. The first kappa shape index (κ1) is 25.7. The summed E-state index contributed by atoms with van der Waals surface area (Å²) in [4.78, 5) is 29.4. The van der Waals surface area contributed by atoms with Gasteiger partial charge in [0.2, 0.25) is 0 Å². The maximum atomic E-state index is 12.8. The summed E-state index contributed by atoms with van der Waals surface area (Å²) in [7, 11) is 0. The summed E-state index contributed by atoms with van der Waals surface area (Å²) in [6.45, 7) is 7.56. The highest BCUT2D eigenvalue weighted by atomic mass is 19.4. The van der Waals surface area contributed by atoms with Crippen molar-refractivity contribution in [2.75, 3.05) is 19.6 Å². The molecule has 0 radical (unpaired) electrons. The van der Waals surface area contributed by atoms with Crippen LogP contribution in [-0.4, -0.2) is 57.2 Å². The topological polar surface area (TPSA) is 91.8 Å². The number of alkyl halides is 3. The molecule has 196 valence electrons. The molecule has 1 aromatic heterocycles. The van der Waals surface area contributed by atoms with Gasteiger partial charge >= 0.3 is 18.1 Å². The largest absolute Gasteiger partial charge is 0.573 e. The second-order valence-electron chi connectivity index (χ2n) is 9.92. The molecule has 1 fully saturated rings. The Kier molecular flexibility index (Phi) is 7.07. The van der Waals surface area contributed by atoms with Crippen LogP contribution in [0.3, 0.4) is 0 Å². The summed E-state index contributed by atoms with van der Waals surface area (Å²) in [6.07, 6.45) is -0.784. The quantitative estimate of drug-likeness (QED) is 0.618. The molecule has 2 aliphatic rings. The molecule has 0 bridgehead atoms. The molecule has 9 nitrogen and oxygen atoms in total. The fourth-order valence-electron chi connectivity index (χ4n) is 4.25. The van der Waals surface area contributed by atoms with Gasteiger partial charge < -0.3 is 24.4 Å². The van der Waals surface area contributed by atoms with Crippen LogP contribution < -0.4 is 15.9 Å². The minimum atomic E-state index is -4.83. The molecule has 1 aromatic carbocycles. The van der Waals surface area contributed by atoms with Crippen molar-refractivity contribution in [1.29, 1.82) is 0 Å². The fourth-order valence-corrected chi connectivity index (χ4v) is 4.25. The van der Waals surface area contributed by atoms with E-state index in [0.29, 0.717) is 37.6 Å². The lowest BCUT2D eigenvalue weighted by Crippen LogP contribution is -2.40. The monoisotopic (exact) mass is 509 g/mol. The number of fused-ring (bicyclic) bond motifs is 1. The highest BCUT2D eigenvalue weighted by molar-refractivity contribution is 5.68. The average Bonchev–Trinajstić information content (AvgIpc) is 3.36. The third-order valence-electron chi connectivity index (χ3n) is 5.91. The number of aromatic nitrogens is 2. The summed E-state index contributed by atoms with van der Waals surface area (Å²) in [5, 5.41) is 1.82. The Labute approximate surface area is 206 Å². The second-order valence-corrected chi connectivity index (χ2v) is 9.92. The van der Waals surface area contributed by atoms with Gasteiger partial charge in [-0.1, -0.05) is 18.2 Å². The van der Waals surface area contributed by atoms with Crippen LogP contribution in [0, 0.1) is 5.92 Å². The van der Waals surface area contributed by atoms with Crippen LogP contribution in [0.4, 0.5) is 18.0 Å². The highest BCUT2D eigenvalue weighted by Crippen LogP contribution is 2.27. The molecule has 4 rings (SSSR count). The van der Waals surface area contributed by atoms with E-state index in [1.165, 1.54) is 22.8 Å². The number of nitrogens with zero attached hydrogens (tertiary/aromatic N) is 3. The number of carbonyl (C=O) groups excluding carboxylic acids is 1. The molecule has 1 amide bonds. The first-order chi connectivity index (χ1) is 16.9. The number of likely N-dealkylation sites (tertiary alicyclic amines) is 1. The molecule has 1 saturated heterocycles. The summed E-state index contributed by atoms with van der Waals surface area (Å²) in [5.41, 5.74) is 3.83. The second kappa shape index (κ2) is 9.92. The Balaban J connectivity index is 1.38. The van der Waals surface area contributed by atoms with Crippen molar-refractivity contribution < 1.29 is 27.4 Å². The SMILES string of the molecule is CC(C)(C)OC(=O)N1CC[C@H](CNN2C=Cc3[nH]c(=O)n(Cc4ccccc4OC(F)(F)F)c3C2)C1. The third kappa shape index (κ3) is 6.42. The van der Waals surface area contributed by atoms with Crippen molar-refractivity contribution >= 4 is 12.2 Å². The lowest BCUT2D eigenvalue weighted by atomic mass is 10.1. The summed E-state index contributed by atoms with van der Waals surface area (Å²) >= 11 is 0. The number of halogens is 3. The zero-order valence-electron chi connectivity index (χ0n) is 20.4. The predicted octanol–water partition coefficient (Wildman–Crippen LogP) is 3.67. The van der Waals surface area contributed by atoms with Crippen LogP contribution in [0.1, 0.15) is 44.1 Å². The smallest absolute Gasteiger partial charge is 0.444 e. The maximum Gasteiger partial charge on any atom is 0.573 e. The summed E-state index contributed by atoms with van der Waals surface area (Å²) in [5.74, 6) is -0.115. The van der Waals surface area contributed by atoms with Gasteiger partial charge in [0, 0.05) is 31.4 Å². The first-order valence-electron chi connectivity index (χ1n) is 11.7. The predicted molar refractivity (Wildman–Crippen MR) is 126 cm³/mol. The van der Waals surface area contributed by atoms with Gasteiger partial charge in [0.15, 0.2) is 0 Å². The van der Waals surface area contributed by atoms with E-state index in [9.17, 15) is 22.8 Å². The molecule has 12 heteroatoms. The number of hydrogen-bond donors (Lipinski definition) is 2. The van der Waals surface area contributed by atoms with E-state index in [1.807, 2.05) is 25.8 Å². The van der Waals surface area contributed by atoms with Crippen molar-refractivity contribution in [2.24, 2.45) is 5.92 Å². The molecule has 0 aliphatic carbocycles. The van der Waals surface area contributed by atoms with Crippen molar-refractivity contribution in [3.63, 3.8) is 0 Å². The number of hydrogen-bond acceptors (Lipinski definition) is 6. The van der Waals surface area contributed by atoms with E-state index >= 15 is 0 Å². The van der Waals surface area contributed by atoms with Gasteiger partial charge in [0.05, 0.1) is 24.5 Å². The van der Waals surface area contributed by atoms with Crippen molar-refractivity contribution in [1.82, 2.24) is 24.9 Å². The third-order valence-corrected chi connectivity index (χ3v) is 5.91. The average molecular weight is 510 g/mol. The van der Waals surface area contributed by atoms with Gasteiger partial charge in [-0.05, 0) is 45.3 Å². The van der Waals surface area contributed by atoms with Gasteiger partial charge in [-0.2, -0.15) is 0 Å². The number of nitrogens with one attached hydrogen (secondary N) is 2. The molecule has 36 heavy (non-hydrogen) atoms. The number of hydrazine groups is 1. The number of para-hydroxylation sites is 1. The Morgan fingerprint density at radius 3 is 2.69 bits per heavy atom. The number of amides is 1. The number of benzene rings is 1. The number of ether oxygens (including phenoxy) is 2. The normalized spacial score (nSPS) is 17.9. The van der Waals surface area contributed by atoms with Crippen LogP contribution in [0.5, 0.6) is 5.75 Å². The highest BCUT2D eigenvalue weighted by Gasteiger charge is 2.33. The van der Waals surface area contributed by atoms with Crippen LogP contribution >= 0.6 is 0 Å². The minimum absolute atomic E-state index is 0.0773. The Morgan fingerprint density at radius 1 is 1.22 bits per heavy atom. The fraction of sp³-hybridized carbons (Fsp3) is 0.500. The number of H-pyrrole nitrogens is 1. The molecule has 2 aromatic rings. The Hall–Kier alpha value is -3.41. The Morgan fingerprint density at radius 2 is 1.97 bits per heavy atom. The molecule has 0 unspecified atom stereocenters. The number of carbonyl (C=O) groups is 1. The standard InChI is InChI=1S/C24H30F3N5O4/c1-23(2,3)36-22(34)30-10-8-16(13-30)12-28-31-11-9-18-19(15-31)32(21(33)29-18)14-17-6-4-5-7-20(17)35-24(25,26)27/h4-7,9,11,16,28H,8,10,12-15H2,1-3H3,(H,29,33)/t16-/m1/s1. The molecule has 3 heterocycles. The van der Waals surface area contributed by atoms with Gasteiger partial charge in [-0.3, -0.25) is 4.57 Å². The lowest BCUT2D eigenvalue weighted by molar-refractivity contribution is -0.274. The summed E-state index contributed by atoms with van der Waals surface area (Å²) < 4.78 is 49.4. The molecule has 2 aliphatic heterocycles. The zero-order chi connectivity index (χ0) is 26.1. The number of imidazole rings is 1. The van der Waals surface area contributed by atoms with E-state index in [-0.39, 0.29) is 29.9 Å². The number of aromatic amines is 1. The van der Waals surface area contributed by atoms with Gasteiger partial charge in [0.25, 0.3) is 0 Å². The first-order valence-corrected chi connectivity index (χ1v) is 11.7. The van der Waals surface area contributed by atoms with E-state index in [1.54, 1.807) is 23.2 Å². The molecule has 2 N–H and O–H groups in total. The Bertz CT molecular complexity index is 1180. The zero-order valence-corrected chi connectivity index (χ0v) is 20.4. The van der Waals surface area contributed by atoms with Gasteiger partial charge in [-0.25, -0.2) is 15.0 Å². The van der Waals surface area contributed by atoms with E-state index in [2.05, 4.69) is 15.1 Å². The van der Waals surface area contributed by atoms with Crippen molar-refractivity contribution in [2.45, 2.75) is 52.2 Å². The van der Waals surface area contributed by atoms with E-state index < -0.39 is 17.7 Å². The van der Waals surface area contributed by atoms with Crippen LogP contribution in [0.25, 0.3) is 6.08 Å². The van der Waals surface area contributed by atoms with E-state index in [4.69, 9.17) is 4.74 Å². The lowest BCUT2D eigenvalue weighted by Gasteiger charge is -2.27. The molecule has 1 atom stereocenters. The van der Waals surface area contributed by atoms with Crippen molar-refractivity contribution in [3.8, 4) is 5.75 Å². The van der Waals surface area contributed by atoms with Crippen LogP contribution in [0.2, 0.25) is 0 Å². The van der Waals surface area contributed by atoms with Crippen LogP contribution in [0.15, 0.2) is 35.3 Å². The maximum absolute atomic E-state index is 12.8. The van der Waals surface area contributed by atoms with Gasteiger partial charge in [0.1, 0.15) is 11.4 Å². The van der Waals surface area contributed by atoms with Gasteiger partial charge in [-0.15, -0.1) is 13.2 Å². The van der Waals surface area contributed by atoms with Crippen molar-refractivity contribution in [3.05, 3.63) is 57.9 Å². The molecular weight excluding hydrogens is 479 g/mol. The number of rotatable bonds is 6. The van der Waals surface area contributed by atoms with Crippen LogP contribution in [-0.2, 0) is 17.8 Å².